The first-order chi connectivity index (χ1) is 10.4. The fraction of sp³-hybridized carbons (Fsp3) is 0.385. The van der Waals surface area contributed by atoms with Gasteiger partial charge < -0.3 is 9.84 Å². The molecule has 0 radical (unpaired) electrons. The number of nitro benzene ring substituents is 1. The minimum absolute atomic E-state index is 0.0530. The van der Waals surface area contributed by atoms with Gasteiger partial charge in [0.1, 0.15) is 5.82 Å². The van der Waals surface area contributed by atoms with Gasteiger partial charge in [-0.3, -0.25) is 10.1 Å². The maximum Gasteiger partial charge on any atom is 0.412 e. The van der Waals surface area contributed by atoms with Crippen molar-refractivity contribution in [2.75, 3.05) is 6.61 Å². The zero-order chi connectivity index (χ0) is 16.3. The minimum atomic E-state index is -1.36. The molecule has 0 aliphatic carbocycles. The van der Waals surface area contributed by atoms with E-state index in [0.29, 0.717) is 6.42 Å². The Kier molecular flexibility index (Phi) is 4.25. The topological polar surface area (TPSA) is 114 Å². The maximum atomic E-state index is 14.2. The summed E-state index contributed by atoms with van der Waals surface area (Å²) in [6, 6.07) is 2.97. The highest BCUT2D eigenvalue weighted by Crippen LogP contribution is 2.38. The van der Waals surface area contributed by atoms with Crippen LogP contribution in [-0.4, -0.2) is 28.8 Å². The van der Waals surface area contributed by atoms with Crippen LogP contribution in [0.4, 0.5) is 14.9 Å². The van der Waals surface area contributed by atoms with E-state index >= 15 is 0 Å². The summed E-state index contributed by atoms with van der Waals surface area (Å²) in [5.74, 6) is -0.632. The molecule has 9 heteroatoms. The summed E-state index contributed by atoms with van der Waals surface area (Å²) in [6.07, 6.45) is -0.740. The smallest absolute Gasteiger partial charge is 0.412 e. The number of ether oxygens (including phenoxy) is 1. The van der Waals surface area contributed by atoms with Crippen LogP contribution >= 0.6 is 0 Å². The van der Waals surface area contributed by atoms with E-state index in [1.54, 1.807) is 6.92 Å². The number of benzene rings is 1. The number of carboxylic acid groups (broad SMARTS) is 1. The highest BCUT2D eigenvalue weighted by molar-refractivity contribution is 5.90. The first-order valence-corrected chi connectivity index (χ1v) is 6.55. The number of hydrogen-bond acceptors (Lipinski definition) is 5. The Balaban J connectivity index is 2.52. The van der Waals surface area contributed by atoms with Crippen molar-refractivity contribution in [1.29, 1.82) is 0 Å². The second-order valence-corrected chi connectivity index (χ2v) is 4.75. The highest BCUT2D eigenvalue weighted by Gasteiger charge is 2.37. The predicted molar refractivity (Wildman–Crippen MR) is 74.2 cm³/mol. The average Bonchev–Trinajstić information content (AvgIpc) is 2.46. The van der Waals surface area contributed by atoms with Crippen molar-refractivity contribution < 1.29 is 24.0 Å². The molecule has 0 aromatic heterocycles. The lowest BCUT2D eigenvalue weighted by molar-refractivity contribution is -0.385. The van der Waals surface area contributed by atoms with Crippen LogP contribution in [0.5, 0.6) is 0 Å². The van der Waals surface area contributed by atoms with Crippen molar-refractivity contribution in [1.82, 2.24) is 5.32 Å². The molecule has 1 aliphatic rings. The molecule has 0 spiro atoms. The van der Waals surface area contributed by atoms with Crippen LogP contribution in [0.15, 0.2) is 23.2 Å². The Morgan fingerprint density at radius 2 is 2.36 bits per heavy atom. The summed E-state index contributed by atoms with van der Waals surface area (Å²) in [4.78, 5) is 25.1. The highest BCUT2D eigenvalue weighted by atomic mass is 19.1. The molecule has 1 heterocycles. The van der Waals surface area contributed by atoms with Gasteiger partial charge in [0.25, 0.3) is 11.7 Å². The second-order valence-electron chi connectivity index (χ2n) is 4.75. The fourth-order valence-corrected chi connectivity index (χ4v) is 2.38. The SMILES string of the molecule is CCC1(c2cc([N+](=O)[O-])ccc2F)CCOC(NC(=O)O)=N1. The maximum absolute atomic E-state index is 14.2. The molecular weight excluding hydrogens is 297 g/mol. The molecule has 0 saturated carbocycles. The fourth-order valence-electron chi connectivity index (χ4n) is 2.38. The van der Waals surface area contributed by atoms with E-state index in [1.165, 1.54) is 0 Å². The van der Waals surface area contributed by atoms with Crippen LogP contribution in [0.3, 0.4) is 0 Å². The van der Waals surface area contributed by atoms with Gasteiger partial charge in [0.2, 0.25) is 0 Å². The minimum Gasteiger partial charge on any atom is -0.465 e. The molecule has 0 bridgehead atoms. The molecule has 1 aliphatic heterocycles. The summed E-state index contributed by atoms with van der Waals surface area (Å²) < 4.78 is 19.3. The van der Waals surface area contributed by atoms with E-state index in [-0.39, 0.29) is 30.3 Å². The largest absolute Gasteiger partial charge is 0.465 e. The summed E-state index contributed by atoms with van der Waals surface area (Å²) in [5, 5.41) is 21.6. The first-order valence-electron chi connectivity index (χ1n) is 6.55. The molecule has 1 aromatic rings. The Morgan fingerprint density at radius 1 is 1.64 bits per heavy atom. The summed E-state index contributed by atoms with van der Waals surface area (Å²) >= 11 is 0. The van der Waals surface area contributed by atoms with Crippen LogP contribution in [0.1, 0.15) is 25.3 Å². The van der Waals surface area contributed by atoms with Gasteiger partial charge in [0, 0.05) is 24.1 Å². The second kappa shape index (κ2) is 5.96. The van der Waals surface area contributed by atoms with E-state index in [0.717, 1.165) is 18.2 Å². The quantitative estimate of drug-likeness (QED) is 0.657. The van der Waals surface area contributed by atoms with Crippen molar-refractivity contribution >= 4 is 17.8 Å². The van der Waals surface area contributed by atoms with Gasteiger partial charge in [-0.1, -0.05) is 6.92 Å². The van der Waals surface area contributed by atoms with E-state index < -0.39 is 22.4 Å². The number of rotatable bonds is 3. The third-order valence-electron chi connectivity index (χ3n) is 3.53. The normalized spacial score (nSPS) is 20.7. The predicted octanol–water partition coefficient (Wildman–Crippen LogP) is 2.38. The molecular formula is C13H14FN3O5. The Labute approximate surface area is 124 Å². The van der Waals surface area contributed by atoms with E-state index in [2.05, 4.69) is 4.99 Å². The zero-order valence-electron chi connectivity index (χ0n) is 11.7. The molecule has 118 valence electrons. The molecule has 2 N–H and O–H groups in total. The zero-order valence-corrected chi connectivity index (χ0v) is 11.7. The number of aliphatic imine (C=N–C) groups is 1. The number of nitro groups is 1. The average molecular weight is 311 g/mol. The Hall–Kier alpha value is -2.71. The van der Waals surface area contributed by atoms with E-state index in [1.807, 2.05) is 5.32 Å². The number of carbonyl (C=O) groups is 1. The van der Waals surface area contributed by atoms with Crippen molar-refractivity contribution in [2.24, 2.45) is 4.99 Å². The van der Waals surface area contributed by atoms with Gasteiger partial charge in [0.05, 0.1) is 17.1 Å². The summed E-state index contributed by atoms with van der Waals surface area (Å²) in [7, 11) is 0. The van der Waals surface area contributed by atoms with Crippen molar-refractivity contribution in [3.63, 3.8) is 0 Å². The third kappa shape index (κ3) is 2.97. The van der Waals surface area contributed by atoms with Crippen LogP contribution in [-0.2, 0) is 10.3 Å². The number of amides is 1. The summed E-state index contributed by atoms with van der Waals surface area (Å²) in [6.45, 7) is 1.86. The molecule has 1 atom stereocenters. The van der Waals surface area contributed by atoms with Crippen LogP contribution < -0.4 is 5.32 Å². The van der Waals surface area contributed by atoms with Gasteiger partial charge in [0.15, 0.2) is 0 Å². The Morgan fingerprint density at radius 3 is 2.95 bits per heavy atom. The molecule has 1 amide bonds. The Bertz CT molecular complexity index is 649. The van der Waals surface area contributed by atoms with Gasteiger partial charge in [-0.2, -0.15) is 0 Å². The number of hydrogen-bond donors (Lipinski definition) is 2. The van der Waals surface area contributed by atoms with Crippen molar-refractivity contribution in [3.8, 4) is 0 Å². The van der Waals surface area contributed by atoms with E-state index in [9.17, 15) is 19.3 Å². The van der Waals surface area contributed by atoms with Crippen LogP contribution in [0.25, 0.3) is 0 Å². The number of nitrogens with zero attached hydrogens (tertiary/aromatic N) is 2. The lowest BCUT2D eigenvalue weighted by Crippen LogP contribution is -2.40. The van der Waals surface area contributed by atoms with Gasteiger partial charge in [-0.05, 0) is 12.5 Å². The number of halogens is 1. The molecule has 22 heavy (non-hydrogen) atoms. The van der Waals surface area contributed by atoms with Crippen molar-refractivity contribution in [2.45, 2.75) is 25.3 Å². The monoisotopic (exact) mass is 311 g/mol. The molecule has 2 rings (SSSR count). The van der Waals surface area contributed by atoms with Gasteiger partial charge in [-0.15, -0.1) is 0 Å². The number of nitrogens with one attached hydrogen (secondary N) is 1. The summed E-state index contributed by atoms with van der Waals surface area (Å²) in [5.41, 5.74) is -1.30. The van der Waals surface area contributed by atoms with Crippen LogP contribution in [0.2, 0.25) is 0 Å². The van der Waals surface area contributed by atoms with Gasteiger partial charge in [-0.25, -0.2) is 19.5 Å². The lowest BCUT2D eigenvalue weighted by atomic mass is 9.84. The molecule has 0 saturated heterocycles. The molecule has 1 aromatic carbocycles. The molecule has 8 nitrogen and oxygen atoms in total. The van der Waals surface area contributed by atoms with Crippen LogP contribution in [0, 0.1) is 15.9 Å². The van der Waals surface area contributed by atoms with E-state index in [4.69, 9.17) is 9.84 Å². The van der Waals surface area contributed by atoms with Gasteiger partial charge >= 0.3 is 6.09 Å². The number of non-ortho nitro benzene ring substituents is 1. The third-order valence-corrected chi connectivity index (χ3v) is 3.53. The lowest BCUT2D eigenvalue weighted by Gasteiger charge is -2.33. The van der Waals surface area contributed by atoms with Crippen molar-refractivity contribution in [3.05, 3.63) is 39.7 Å². The molecule has 1 unspecified atom stereocenters. The standard InChI is InChI=1S/C13H14FN3O5/c1-2-13(5-6-22-11(16-13)15-12(18)19)9-7-8(17(20)21)3-4-10(9)14/h3-4,7H,2,5-6H2,1H3,(H,15,16)(H,18,19). The first kappa shape index (κ1) is 15.7. The molecule has 0 fully saturated rings. The number of amidine groups is 1.